The van der Waals surface area contributed by atoms with Gasteiger partial charge in [-0.25, -0.2) is 33.3 Å². The lowest BCUT2D eigenvalue weighted by atomic mass is 10.1. The van der Waals surface area contributed by atoms with E-state index in [1.807, 2.05) is 22.6 Å². The average Bonchev–Trinajstić information content (AvgIpc) is 3.11. The Morgan fingerprint density at radius 1 is 0.872 bits per heavy atom. The molecule has 3 aromatic rings. The highest BCUT2D eigenvalue weighted by Gasteiger charge is 2.35. The summed E-state index contributed by atoms with van der Waals surface area (Å²) < 4.78 is 33.3. The van der Waals surface area contributed by atoms with E-state index in [0.29, 0.717) is 4.90 Å². The molecule has 0 aliphatic rings. The molecule has 2 aromatic heterocycles. The first-order chi connectivity index (χ1) is 17.8. The van der Waals surface area contributed by atoms with Crippen molar-refractivity contribution in [1.29, 1.82) is 0 Å². The highest BCUT2D eigenvalue weighted by atomic mass is 127. The van der Waals surface area contributed by atoms with Crippen LogP contribution in [0.1, 0.15) is 62.3 Å². The molecule has 210 valence electrons. The molecule has 3 rings (SSSR count). The molecule has 0 aliphatic carbocycles. The monoisotopic (exact) mass is 654 g/mol. The number of anilines is 1. The van der Waals surface area contributed by atoms with E-state index in [-0.39, 0.29) is 28.1 Å². The standard InChI is InChI=1S/C27H32FIN4O6/c1-25(2,3)37-22(34)32-14-17(16-12-15(29)10-11-18(16)28)20-19(32)13-30-21(31-20)33(23(35)38-26(4,5)6)24(36)39-27(7,8)9/h10-14H,1-9H3. The Kier molecular flexibility index (Phi) is 8.30. The van der Waals surface area contributed by atoms with E-state index in [0.717, 1.165) is 8.14 Å². The van der Waals surface area contributed by atoms with Crippen molar-refractivity contribution in [2.45, 2.75) is 79.1 Å². The summed E-state index contributed by atoms with van der Waals surface area (Å²) in [5, 5.41) is 0. The minimum Gasteiger partial charge on any atom is -0.443 e. The average molecular weight is 654 g/mol. The quantitative estimate of drug-likeness (QED) is 0.209. The lowest BCUT2D eigenvalue weighted by molar-refractivity contribution is 0.0425. The molecule has 0 unspecified atom stereocenters. The van der Waals surface area contributed by atoms with Crippen molar-refractivity contribution < 1.29 is 33.0 Å². The van der Waals surface area contributed by atoms with Crippen LogP contribution >= 0.6 is 22.6 Å². The SMILES string of the molecule is CC(C)(C)OC(=O)N(C(=O)OC(C)(C)C)c1ncc2c(n1)c(-c1cc(I)ccc1F)cn2C(=O)OC(C)(C)C. The molecule has 0 saturated carbocycles. The van der Waals surface area contributed by atoms with Crippen LogP contribution < -0.4 is 4.90 Å². The maximum Gasteiger partial charge on any atom is 0.427 e. The molecule has 2 heterocycles. The first-order valence-electron chi connectivity index (χ1n) is 12.1. The molecule has 12 heteroatoms. The predicted molar refractivity (Wildman–Crippen MR) is 152 cm³/mol. The van der Waals surface area contributed by atoms with Gasteiger partial charge in [0.05, 0.1) is 11.7 Å². The van der Waals surface area contributed by atoms with Gasteiger partial charge < -0.3 is 14.2 Å². The van der Waals surface area contributed by atoms with Gasteiger partial charge in [-0.15, -0.1) is 4.90 Å². The zero-order chi connectivity index (χ0) is 29.5. The van der Waals surface area contributed by atoms with Crippen molar-refractivity contribution in [3.05, 3.63) is 40.0 Å². The van der Waals surface area contributed by atoms with E-state index < -0.39 is 40.9 Å². The van der Waals surface area contributed by atoms with Crippen molar-refractivity contribution in [1.82, 2.24) is 14.5 Å². The molecule has 1 aromatic carbocycles. The Balaban J connectivity index is 2.28. The molecule has 0 aliphatic heterocycles. The fourth-order valence-corrected chi connectivity index (χ4v) is 3.82. The lowest BCUT2D eigenvalue weighted by Gasteiger charge is -2.27. The molecule has 0 N–H and O–H groups in total. The highest BCUT2D eigenvalue weighted by Crippen LogP contribution is 2.34. The molecular weight excluding hydrogens is 622 g/mol. The number of imide groups is 1. The van der Waals surface area contributed by atoms with E-state index >= 15 is 4.39 Å². The number of ether oxygens (including phenoxy) is 3. The second kappa shape index (κ2) is 10.7. The Labute approximate surface area is 240 Å². The lowest BCUT2D eigenvalue weighted by Crippen LogP contribution is -2.44. The summed E-state index contributed by atoms with van der Waals surface area (Å²) in [4.78, 5) is 48.5. The van der Waals surface area contributed by atoms with E-state index in [1.54, 1.807) is 74.4 Å². The molecule has 0 atom stereocenters. The molecule has 2 amide bonds. The second-order valence-electron chi connectivity index (χ2n) is 11.7. The zero-order valence-corrected chi connectivity index (χ0v) is 25.5. The fourth-order valence-electron chi connectivity index (χ4n) is 3.32. The van der Waals surface area contributed by atoms with Gasteiger partial charge in [0.15, 0.2) is 0 Å². The molecule has 10 nitrogen and oxygen atoms in total. The second-order valence-corrected chi connectivity index (χ2v) is 13.0. The molecule has 0 fully saturated rings. The smallest absolute Gasteiger partial charge is 0.427 e. The number of fused-ring (bicyclic) bond motifs is 1. The Hall–Kier alpha value is -3.29. The zero-order valence-electron chi connectivity index (χ0n) is 23.4. The fraction of sp³-hybridized carbons (Fsp3) is 0.444. The van der Waals surface area contributed by atoms with Gasteiger partial charge >= 0.3 is 18.3 Å². The Bertz CT molecular complexity index is 1410. The predicted octanol–water partition coefficient (Wildman–Crippen LogP) is 7.30. The van der Waals surface area contributed by atoms with Crippen LogP contribution in [0, 0.1) is 9.39 Å². The van der Waals surface area contributed by atoms with E-state index in [9.17, 15) is 14.4 Å². The maximum absolute atomic E-state index is 15.0. The van der Waals surface area contributed by atoms with Crippen molar-refractivity contribution in [3.8, 4) is 11.1 Å². The van der Waals surface area contributed by atoms with E-state index in [2.05, 4.69) is 9.97 Å². The third kappa shape index (κ3) is 7.64. The van der Waals surface area contributed by atoms with Gasteiger partial charge in [0.1, 0.15) is 28.1 Å². The van der Waals surface area contributed by atoms with Crippen molar-refractivity contribution in [3.63, 3.8) is 0 Å². The molecule has 0 spiro atoms. The number of aromatic nitrogens is 3. The van der Waals surface area contributed by atoms with Crippen molar-refractivity contribution in [2.24, 2.45) is 0 Å². The third-order valence-electron chi connectivity index (χ3n) is 4.69. The van der Waals surface area contributed by atoms with E-state index in [4.69, 9.17) is 14.2 Å². The van der Waals surface area contributed by atoms with E-state index in [1.165, 1.54) is 18.5 Å². The summed E-state index contributed by atoms with van der Waals surface area (Å²) in [6, 6.07) is 4.48. The molecular formula is C27H32FIN4O6. The van der Waals surface area contributed by atoms with Gasteiger partial charge in [-0.2, -0.15) is 0 Å². The largest absolute Gasteiger partial charge is 0.443 e. The number of benzene rings is 1. The van der Waals surface area contributed by atoms with Crippen molar-refractivity contribution in [2.75, 3.05) is 4.90 Å². The van der Waals surface area contributed by atoms with Crippen LogP contribution in [0.3, 0.4) is 0 Å². The van der Waals surface area contributed by atoms with Gasteiger partial charge in [-0.05, 0) is 103 Å². The topological polar surface area (TPSA) is 113 Å². The molecule has 39 heavy (non-hydrogen) atoms. The maximum atomic E-state index is 15.0. The number of hydrogen-bond acceptors (Lipinski definition) is 8. The number of rotatable bonds is 2. The first-order valence-corrected chi connectivity index (χ1v) is 13.2. The van der Waals surface area contributed by atoms with Gasteiger partial charge in [-0.3, -0.25) is 0 Å². The summed E-state index contributed by atoms with van der Waals surface area (Å²) in [6.45, 7) is 15.0. The summed E-state index contributed by atoms with van der Waals surface area (Å²) in [6.07, 6.45) is -0.234. The summed E-state index contributed by atoms with van der Waals surface area (Å²) in [5.74, 6) is -0.935. The van der Waals surface area contributed by atoms with Gasteiger partial charge in [0.25, 0.3) is 0 Å². The van der Waals surface area contributed by atoms with Crippen LogP contribution in [0.5, 0.6) is 0 Å². The molecule has 0 saturated heterocycles. The summed E-state index contributed by atoms with van der Waals surface area (Å²) >= 11 is 2.04. The summed E-state index contributed by atoms with van der Waals surface area (Å²) in [7, 11) is 0. The normalized spacial score (nSPS) is 12.3. The van der Waals surface area contributed by atoms with Gasteiger partial charge in [0, 0.05) is 20.9 Å². The first kappa shape index (κ1) is 30.3. The van der Waals surface area contributed by atoms with Crippen LogP contribution in [0.15, 0.2) is 30.6 Å². The van der Waals surface area contributed by atoms with Crippen LogP contribution in [0.2, 0.25) is 0 Å². The van der Waals surface area contributed by atoms with Gasteiger partial charge in [0.2, 0.25) is 5.95 Å². The van der Waals surface area contributed by atoms with Crippen LogP contribution in [-0.2, 0) is 14.2 Å². The number of halogens is 2. The Morgan fingerprint density at radius 2 is 1.41 bits per heavy atom. The van der Waals surface area contributed by atoms with Crippen molar-refractivity contribution >= 4 is 57.9 Å². The number of amides is 2. The van der Waals surface area contributed by atoms with Crippen LogP contribution in [0.25, 0.3) is 22.2 Å². The van der Waals surface area contributed by atoms with Gasteiger partial charge in [-0.1, -0.05) is 0 Å². The van der Waals surface area contributed by atoms with Crippen LogP contribution in [0.4, 0.5) is 24.7 Å². The summed E-state index contributed by atoms with van der Waals surface area (Å²) in [5.41, 5.74) is -2.05. The third-order valence-corrected chi connectivity index (χ3v) is 5.36. The number of nitrogens with zero attached hydrogens (tertiary/aromatic N) is 4. The minimum atomic E-state index is -1.07. The molecule has 0 radical (unpaired) electrons. The molecule has 0 bridgehead atoms. The highest BCUT2D eigenvalue weighted by molar-refractivity contribution is 14.1. The number of carbonyl (C=O) groups excluding carboxylic acids is 3. The number of hydrogen-bond donors (Lipinski definition) is 0. The minimum absolute atomic E-state index is 0.101. The number of carbonyl (C=O) groups is 3. The Morgan fingerprint density at radius 3 is 1.92 bits per heavy atom. The van der Waals surface area contributed by atoms with Crippen LogP contribution in [-0.4, -0.2) is 49.6 Å².